The summed E-state index contributed by atoms with van der Waals surface area (Å²) in [5.41, 5.74) is 8.33. The fraction of sp³-hybridized carbons (Fsp3) is 0. The van der Waals surface area contributed by atoms with Gasteiger partial charge in [0, 0.05) is 36.4 Å². The molecule has 3 heterocycles. The molecule has 0 saturated carbocycles. The number of benzene rings is 1. The molecule has 2 N–H and O–H groups in total. The Kier molecular flexibility index (Phi) is 3.63. The van der Waals surface area contributed by atoms with Crippen molar-refractivity contribution in [1.29, 1.82) is 0 Å². The van der Waals surface area contributed by atoms with Crippen LogP contribution in [0.25, 0.3) is 16.6 Å². The lowest BCUT2D eigenvalue weighted by Crippen LogP contribution is -2.11. The van der Waals surface area contributed by atoms with Crippen LogP contribution in [0.4, 0.5) is 0 Å². The van der Waals surface area contributed by atoms with Crippen molar-refractivity contribution >= 4 is 11.4 Å². The van der Waals surface area contributed by atoms with E-state index in [2.05, 4.69) is 9.97 Å². The maximum Gasteiger partial charge on any atom is 0.251 e. The third-order valence-electron chi connectivity index (χ3n) is 3.85. The van der Waals surface area contributed by atoms with Gasteiger partial charge in [0.25, 0.3) is 5.91 Å². The lowest BCUT2D eigenvalue weighted by atomic mass is 10.0. The van der Waals surface area contributed by atoms with Crippen molar-refractivity contribution in [3.05, 3.63) is 79.0 Å². The molecule has 0 saturated heterocycles. The van der Waals surface area contributed by atoms with Gasteiger partial charge in [0.1, 0.15) is 5.75 Å². The molecule has 4 aromatic rings. The summed E-state index contributed by atoms with van der Waals surface area (Å²) in [4.78, 5) is 20.1. The SMILES string of the molecule is NC(=O)c1c(-c2ccc(Oc3ccccn3)cc2)cn2ccncc12. The van der Waals surface area contributed by atoms with Crippen LogP contribution in [-0.2, 0) is 0 Å². The summed E-state index contributed by atoms with van der Waals surface area (Å²) in [6.07, 6.45) is 8.60. The Morgan fingerprint density at radius 3 is 2.64 bits per heavy atom. The van der Waals surface area contributed by atoms with Crippen LogP contribution in [0, 0.1) is 0 Å². The van der Waals surface area contributed by atoms with Crippen molar-refractivity contribution in [2.75, 3.05) is 0 Å². The van der Waals surface area contributed by atoms with Gasteiger partial charge in [-0.25, -0.2) is 4.98 Å². The molecule has 6 nitrogen and oxygen atoms in total. The first-order valence-electron chi connectivity index (χ1n) is 7.66. The largest absolute Gasteiger partial charge is 0.439 e. The number of nitrogens with two attached hydrogens (primary N) is 1. The first-order valence-corrected chi connectivity index (χ1v) is 7.66. The third kappa shape index (κ3) is 2.81. The zero-order chi connectivity index (χ0) is 17.2. The highest BCUT2D eigenvalue weighted by atomic mass is 16.5. The summed E-state index contributed by atoms with van der Waals surface area (Å²) in [5.74, 6) is 0.696. The van der Waals surface area contributed by atoms with Crippen LogP contribution in [0.1, 0.15) is 10.4 Å². The van der Waals surface area contributed by atoms with Gasteiger partial charge in [0.05, 0.1) is 17.3 Å². The maximum atomic E-state index is 11.9. The van der Waals surface area contributed by atoms with E-state index < -0.39 is 5.91 Å². The van der Waals surface area contributed by atoms with Crippen molar-refractivity contribution < 1.29 is 9.53 Å². The summed E-state index contributed by atoms with van der Waals surface area (Å²) < 4.78 is 7.52. The molecule has 4 rings (SSSR count). The van der Waals surface area contributed by atoms with Crippen LogP contribution in [0.15, 0.2) is 73.4 Å². The monoisotopic (exact) mass is 330 g/mol. The minimum Gasteiger partial charge on any atom is -0.439 e. The molecule has 0 atom stereocenters. The van der Waals surface area contributed by atoms with Crippen molar-refractivity contribution in [3.8, 4) is 22.8 Å². The van der Waals surface area contributed by atoms with E-state index in [4.69, 9.17) is 10.5 Å². The Morgan fingerprint density at radius 2 is 1.92 bits per heavy atom. The smallest absolute Gasteiger partial charge is 0.251 e. The van der Waals surface area contributed by atoms with Crippen molar-refractivity contribution in [3.63, 3.8) is 0 Å². The zero-order valence-corrected chi connectivity index (χ0v) is 13.2. The normalized spacial score (nSPS) is 10.7. The average Bonchev–Trinajstić information content (AvgIpc) is 3.03. The Hall–Kier alpha value is -3.67. The third-order valence-corrected chi connectivity index (χ3v) is 3.85. The number of aromatic nitrogens is 3. The molecular formula is C19H14N4O2. The standard InChI is InChI=1S/C19H14N4O2/c20-19(24)18-15(12-23-10-9-21-11-16(18)23)13-4-6-14(7-5-13)25-17-3-1-2-8-22-17/h1-12H,(H2,20,24). The number of nitrogens with zero attached hydrogens (tertiary/aromatic N) is 3. The molecule has 0 aliphatic rings. The fourth-order valence-electron chi connectivity index (χ4n) is 2.73. The number of hydrogen-bond donors (Lipinski definition) is 1. The van der Waals surface area contributed by atoms with E-state index in [0.717, 1.165) is 11.1 Å². The second-order valence-corrected chi connectivity index (χ2v) is 5.45. The molecule has 0 fully saturated rings. The number of amides is 1. The Morgan fingerprint density at radius 1 is 1.08 bits per heavy atom. The van der Waals surface area contributed by atoms with Crippen LogP contribution in [0.5, 0.6) is 11.6 Å². The van der Waals surface area contributed by atoms with Crippen molar-refractivity contribution in [1.82, 2.24) is 14.4 Å². The van der Waals surface area contributed by atoms with Gasteiger partial charge < -0.3 is 14.9 Å². The molecule has 0 aliphatic heterocycles. The van der Waals surface area contributed by atoms with E-state index in [1.54, 1.807) is 30.9 Å². The molecule has 25 heavy (non-hydrogen) atoms. The topological polar surface area (TPSA) is 82.5 Å². The number of hydrogen-bond acceptors (Lipinski definition) is 4. The van der Waals surface area contributed by atoms with E-state index in [0.29, 0.717) is 22.7 Å². The van der Waals surface area contributed by atoms with Crippen LogP contribution in [0.2, 0.25) is 0 Å². The van der Waals surface area contributed by atoms with Crippen molar-refractivity contribution in [2.24, 2.45) is 5.73 Å². The zero-order valence-electron chi connectivity index (χ0n) is 13.2. The maximum absolute atomic E-state index is 11.9. The molecular weight excluding hydrogens is 316 g/mol. The first-order chi connectivity index (χ1) is 12.2. The summed E-state index contributed by atoms with van der Waals surface area (Å²) in [7, 11) is 0. The highest BCUT2D eigenvalue weighted by Gasteiger charge is 2.17. The van der Waals surface area contributed by atoms with Crippen LogP contribution in [-0.4, -0.2) is 20.3 Å². The van der Waals surface area contributed by atoms with Gasteiger partial charge in [-0.15, -0.1) is 0 Å². The van der Waals surface area contributed by atoms with E-state index in [-0.39, 0.29) is 0 Å². The van der Waals surface area contributed by atoms with Crippen molar-refractivity contribution in [2.45, 2.75) is 0 Å². The molecule has 3 aromatic heterocycles. The van der Waals surface area contributed by atoms with Gasteiger partial charge in [-0.2, -0.15) is 0 Å². The predicted molar refractivity (Wildman–Crippen MR) is 93.5 cm³/mol. The molecule has 1 amide bonds. The molecule has 0 spiro atoms. The summed E-state index contributed by atoms with van der Waals surface area (Å²) >= 11 is 0. The number of ether oxygens (including phenoxy) is 1. The Balaban J connectivity index is 1.72. The Labute approximate surface area is 143 Å². The van der Waals surface area contributed by atoms with E-state index >= 15 is 0 Å². The molecule has 0 radical (unpaired) electrons. The summed E-state index contributed by atoms with van der Waals surface area (Å²) in [6, 6.07) is 12.9. The molecule has 1 aromatic carbocycles. The molecule has 6 heteroatoms. The number of pyridine rings is 1. The number of rotatable bonds is 4. The lowest BCUT2D eigenvalue weighted by molar-refractivity contribution is 0.100. The van der Waals surface area contributed by atoms with Crippen LogP contribution in [0.3, 0.4) is 0 Å². The van der Waals surface area contributed by atoms with Gasteiger partial charge in [0.2, 0.25) is 5.88 Å². The summed E-state index contributed by atoms with van der Waals surface area (Å²) in [5, 5.41) is 0. The second kappa shape index (κ2) is 6.09. The summed E-state index contributed by atoms with van der Waals surface area (Å²) in [6.45, 7) is 0. The molecule has 0 unspecified atom stereocenters. The number of carbonyl (C=O) groups is 1. The quantitative estimate of drug-likeness (QED) is 0.622. The second-order valence-electron chi connectivity index (χ2n) is 5.45. The molecule has 0 bridgehead atoms. The van der Waals surface area contributed by atoms with Gasteiger partial charge in [-0.1, -0.05) is 18.2 Å². The minimum atomic E-state index is -0.487. The average molecular weight is 330 g/mol. The highest BCUT2D eigenvalue weighted by molar-refractivity contribution is 6.06. The van der Waals surface area contributed by atoms with Gasteiger partial charge >= 0.3 is 0 Å². The molecule has 0 aliphatic carbocycles. The molecule has 122 valence electrons. The van der Waals surface area contributed by atoms with Gasteiger partial charge in [0.15, 0.2) is 0 Å². The minimum absolute atomic E-state index is 0.450. The van der Waals surface area contributed by atoms with E-state index in [9.17, 15) is 4.79 Å². The van der Waals surface area contributed by atoms with E-state index in [1.807, 2.05) is 47.0 Å². The number of fused-ring (bicyclic) bond motifs is 1. The highest BCUT2D eigenvalue weighted by Crippen LogP contribution is 2.30. The van der Waals surface area contributed by atoms with Gasteiger partial charge in [-0.3, -0.25) is 9.78 Å². The van der Waals surface area contributed by atoms with Crippen LogP contribution >= 0.6 is 0 Å². The number of carbonyl (C=O) groups excluding carboxylic acids is 1. The Bertz CT molecular complexity index is 1040. The number of primary amides is 1. The fourth-order valence-corrected chi connectivity index (χ4v) is 2.73. The predicted octanol–water partition coefficient (Wildman–Crippen LogP) is 3.29. The first kappa shape index (κ1) is 14.9. The van der Waals surface area contributed by atoms with E-state index in [1.165, 1.54) is 0 Å². The lowest BCUT2D eigenvalue weighted by Gasteiger charge is -2.06. The van der Waals surface area contributed by atoms with Gasteiger partial charge in [-0.05, 0) is 23.8 Å². The van der Waals surface area contributed by atoms with Crippen LogP contribution < -0.4 is 10.5 Å².